The zero-order chi connectivity index (χ0) is 12.3. The first-order valence-corrected chi connectivity index (χ1v) is 7.68. The van der Waals surface area contributed by atoms with Gasteiger partial charge in [-0.05, 0) is 18.6 Å². The van der Waals surface area contributed by atoms with Crippen molar-refractivity contribution < 1.29 is 8.42 Å². The Morgan fingerprint density at radius 3 is 2.82 bits per heavy atom. The summed E-state index contributed by atoms with van der Waals surface area (Å²) in [6.07, 6.45) is 0.481. The van der Waals surface area contributed by atoms with Crippen LogP contribution >= 0.6 is 11.3 Å². The number of nitrogens with zero attached hydrogens (tertiary/aromatic N) is 1. The molecule has 0 atom stereocenters. The first kappa shape index (κ1) is 12.3. The van der Waals surface area contributed by atoms with Crippen LogP contribution in [0.5, 0.6) is 0 Å². The summed E-state index contributed by atoms with van der Waals surface area (Å²) in [5, 5.41) is 8.81. The number of benzene rings is 1. The lowest BCUT2D eigenvalue weighted by Gasteiger charge is -2.00. The summed E-state index contributed by atoms with van der Waals surface area (Å²) in [6.45, 7) is 0.552. The third kappa shape index (κ3) is 3.65. The van der Waals surface area contributed by atoms with Gasteiger partial charge in [0, 0.05) is 6.54 Å². The lowest BCUT2D eigenvalue weighted by atomic mass is 10.3. The van der Waals surface area contributed by atoms with Gasteiger partial charge in [-0.1, -0.05) is 23.5 Å². The summed E-state index contributed by atoms with van der Waals surface area (Å²) >= 11 is 1.55. The van der Waals surface area contributed by atoms with Crippen LogP contribution in [0.25, 0.3) is 10.2 Å². The molecule has 1 heterocycles. The predicted molar refractivity (Wildman–Crippen MR) is 70.7 cm³/mol. The average molecular weight is 271 g/mol. The van der Waals surface area contributed by atoms with Crippen LogP contribution in [0.4, 0.5) is 5.13 Å². The fourth-order valence-electron chi connectivity index (χ4n) is 1.42. The van der Waals surface area contributed by atoms with E-state index >= 15 is 0 Å². The zero-order valence-electron chi connectivity index (χ0n) is 9.09. The minimum Gasteiger partial charge on any atom is -0.361 e. The molecule has 2 rings (SSSR count). The lowest BCUT2D eigenvalue weighted by Crippen LogP contribution is -2.18. The normalized spacial score (nSPS) is 11.8. The Morgan fingerprint density at radius 2 is 2.12 bits per heavy atom. The maximum Gasteiger partial charge on any atom is 0.209 e. The van der Waals surface area contributed by atoms with E-state index in [4.69, 9.17) is 5.14 Å². The summed E-state index contributed by atoms with van der Waals surface area (Å²) in [5.41, 5.74) is 0.950. The number of fused-ring (bicyclic) bond motifs is 1. The van der Waals surface area contributed by atoms with Crippen LogP contribution in [-0.4, -0.2) is 25.7 Å². The van der Waals surface area contributed by atoms with Gasteiger partial charge in [0.2, 0.25) is 10.0 Å². The van der Waals surface area contributed by atoms with Gasteiger partial charge >= 0.3 is 0 Å². The molecule has 0 aliphatic heterocycles. The molecule has 7 heteroatoms. The van der Waals surface area contributed by atoms with E-state index in [1.54, 1.807) is 11.3 Å². The Balaban J connectivity index is 1.91. The highest BCUT2D eigenvalue weighted by Gasteiger charge is 2.04. The van der Waals surface area contributed by atoms with Gasteiger partial charge in [0.1, 0.15) is 0 Å². The second-order valence-electron chi connectivity index (χ2n) is 3.63. The Labute approximate surface area is 104 Å². The van der Waals surface area contributed by atoms with E-state index < -0.39 is 10.0 Å². The Morgan fingerprint density at radius 1 is 1.35 bits per heavy atom. The van der Waals surface area contributed by atoms with Crippen molar-refractivity contribution in [2.24, 2.45) is 5.14 Å². The fraction of sp³-hybridized carbons (Fsp3) is 0.300. The van der Waals surface area contributed by atoms with Crippen LogP contribution in [0.2, 0.25) is 0 Å². The maximum atomic E-state index is 10.7. The molecular weight excluding hydrogens is 258 g/mol. The molecule has 0 amide bonds. The first-order chi connectivity index (χ1) is 8.04. The van der Waals surface area contributed by atoms with Crippen molar-refractivity contribution >= 4 is 36.7 Å². The molecule has 1 aromatic carbocycles. The van der Waals surface area contributed by atoms with Gasteiger partial charge in [0.25, 0.3) is 0 Å². The number of nitrogens with two attached hydrogens (primary N) is 1. The van der Waals surface area contributed by atoms with Crippen molar-refractivity contribution in [2.45, 2.75) is 6.42 Å². The molecule has 3 N–H and O–H groups in total. The number of thiazole rings is 1. The third-order valence-electron chi connectivity index (χ3n) is 2.18. The molecule has 1 aromatic heterocycles. The number of primary sulfonamides is 1. The molecule has 0 unspecified atom stereocenters. The third-order valence-corrected chi connectivity index (χ3v) is 4.03. The monoisotopic (exact) mass is 271 g/mol. The highest BCUT2D eigenvalue weighted by molar-refractivity contribution is 7.89. The van der Waals surface area contributed by atoms with Crippen molar-refractivity contribution in [3.8, 4) is 0 Å². The number of sulfonamides is 1. The van der Waals surface area contributed by atoms with Crippen molar-refractivity contribution in [1.82, 2.24) is 4.98 Å². The van der Waals surface area contributed by atoms with Crippen LogP contribution in [0.15, 0.2) is 24.3 Å². The van der Waals surface area contributed by atoms with Crippen molar-refractivity contribution in [3.05, 3.63) is 24.3 Å². The van der Waals surface area contributed by atoms with Crippen LogP contribution in [-0.2, 0) is 10.0 Å². The molecule has 5 nitrogen and oxygen atoms in total. The molecule has 0 saturated heterocycles. The van der Waals surface area contributed by atoms with Gasteiger partial charge in [0.05, 0.1) is 16.0 Å². The average Bonchev–Trinajstić information content (AvgIpc) is 2.65. The van der Waals surface area contributed by atoms with E-state index in [-0.39, 0.29) is 5.75 Å². The van der Waals surface area contributed by atoms with Crippen LogP contribution < -0.4 is 10.5 Å². The number of para-hydroxylation sites is 1. The molecule has 0 aliphatic rings. The number of nitrogens with one attached hydrogen (secondary N) is 1. The van der Waals surface area contributed by atoms with Gasteiger partial charge < -0.3 is 5.32 Å². The minimum atomic E-state index is -3.36. The Hall–Kier alpha value is -1.18. The summed E-state index contributed by atoms with van der Waals surface area (Å²) in [4.78, 5) is 4.37. The van der Waals surface area contributed by atoms with E-state index in [0.717, 1.165) is 15.3 Å². The molecule has 0 spiro atoms. The van der Waals surface area contributed by atoms with Gasteiger partial charge in [-0.2, -0.15) is 0 Å². The summed E-state index contributed by atoms with van der Waals surface area (Å²) in [6, 6.07) is 7.85. The summed E-state index contributed by atoms with van der Waals surface area (Å²) in [7, 11) is -3.36. The van der Waals surface area contributed by atoms with Gasteiger partial charge in [-0.15, -0.1) is 0 Å². The summed E-state index contributed by atoms with van der Waals surface area (Å²) in [5.74, 6) is -0.00903. The van der Waals surface area contributed by atoms with Crippen molar-refractivity contribution in [2.75, 3.05) is 17.6 Å². The molecule has 2 aromatic rings. The first-order valence-electron chi connectivity index (χ1n) is 5.14. The fourth-order valence-corrected chi connectivity index (χ4v) is 2.85. The SMILES string of the molecule is NS(=O)(=O)CCCNc1nc2ccccc2s1. The Bertz CT molecular complexity index is 574. The number of anilines is 1. The van der Waals surface area contributed by atoms with E-state index in [2.05, 4.69) is 10.3 Å². The number of hydrogen-bond donors (Lipinski definition) is 2. The highest BCUT2D eigenvalue weighted by Crippen LogP contribution is 2.25. The van der Waals surface area contributed by atoms with Crippen molar-refractivity contribution in [3.63, 3.8) is 0 Å². The Kier molecular flexibility index (Phi) is 3.60. The molecule has 0 saturated carbocycles. The van der Waals surface area contributed by atoms with E-state index in [9.17, 15) is 8.42 Å². The second-order valence-corrected chi connectivity index (χ2v) is 6.40. The van der Waals surface area contributed by atoms with Crippen LogP contribution in [0.3, 0.4) is 0 Å². The lowest BCUT2D eigenvalue weighted by molar-refractivity contribution is 0.596. The molecule has 0 radical (unpaired) electrons. The van der Waals surface area contributed by atoms with E-state index in [1.807, 2.05) is 24.3 Å². The van der Waals surface area contributed by atoms with Crippen LogP contribution in [0.1, 0.15) is 6.42 Å². The molecule has 92 valence electrons. The van der Waals surface area contributed by atoms with E-state index in [1.165, 1.54) is 0 Å². The summed E-state index contributed by atoms with van der Waals surface area (Å²) < 4.78 is 22.6. The van der Waals surface area contributed by atoms with Crippen LogP contribution in [0, 0.1) is 0 Å². The number of rotatable bonds is 5. The maximum absolute atomic E-state index is 10.7. The molecular formula is C10H13N3O2S2. The number of hydrogen-bond acceptors (Lipinski definition) is 5. The highest BCUT2D eigenvalue weighted by atomic mass is 32.2. The van der Waals surface area contributed by atoms with Gasteiger partial charge in [-0.25, -0.2) is 18.5 Å². The van der Waals surface area contributed by atoms with E-state index in [0.29, 0.717) is 13.0 Å². The van der Waals surface area contributed by atoms with Gasteiger partial charge in [-0.3, -0.25) is 0 Å². The van der Waals surface area contributed by atoms with Crippen molar-refractivity contribution in [1.29, 1.82) is 0 Å². The standard InChI is InChI=1S/C10H13N3O2S2/c11-17(14,15)7-3-6-12-10-13-8-4-1-2-5-9(8)16-10/h1-2,4-5H,3,6-7H2,(H,12,13)(H2,11,14,15). The minimum absolute atomic E-state index is 0.00903. The quantitative estimate of drug-likeness (QED) is 0.805. The zero-order valence-corrected chi connectivity index (χ0v) is 10.7. The van der Waals surface area contributed by atoms with Gasteiger partial charge in [0.15, 0.2) is 5.13 Å². The smallest absolute Gasteiger partial charge is 0.209 e. The predicted octanol–water partition coefficient (Wildman–Crippen LogP) is 1.39. The topological polar surface area (TPSA) is 85.1 Å². The largest absolute Gasteiger partial charge is 0.361 e. The molecule has 17 heavy (non-hydrogen) atoms. The second kappa shape index (κ2) is 4.99. The molecule has 0 aliphatic carbocycles. The molecule has 0 fully saturated rings. The number of aromatic nitrogens is 1. The molecule has 0 bridgehead atoms.